The average molecular weight is 534 g/mol. The molecular formula is C28H29ClFN7O. The molecule has 2 fully saturated rings. The van der Waals surface area contributed by atoms with Crippen LogP contribution >= 0.6 is 11.6 Å². The lowest BCUT2D eigenvalue weighted by molar-refractivity contribution is 0.422. The average Bonchev–Trinajstić information content (AvgIpc) is 3.15. The number of nitrogens with one attached hydrogen (secondary N) is 2. The van der Waals surface area contributed by atoms with Gasteiger partial charge in [0.05, 0.1) is 16.1 Å². The van der Waals surface area contributed by atoms with Gasteiger partial charge < -0.3 is 21.0 Å². The van der Waals surface area contributed by atoms with Crippen molar-refractivity contribution in [1.82, 2.24) is 19.5 Å². The number of hydrogen-bond acceptors (Lipinski definition) is 6. The molecule has 0 spiro atoms. The molecule has 4 N–H and O–H groups in total. The lowest BCUT2D eigenvalue weighted by Gasteiger charge is -2.28. The van der Waals surface area contributed by atoms with E-state index < -0.39 is 0 Å². The summed E-state index contributed by atoms with van der Waals surface area (Å²) in [7, 11) is 3.72. The Bertz CT molecular complexity index is 1670. The lowest BCUT2D eigenvalue weighted by Crippen LogP contribution is -2.37. The summed E-state index contributed by atoms with van der Waals surface area (Å²) in [6, 6.07) is 10.9. The van der Waals surface area contributed by atoms with E-state index in [1.165, 1.54) is 6.07 Å². The molecule has 4 heterocycles. The topological polar surface area (TPSA) is 95.2 Å². The zero-order valence-electron chi connectivity index (χ0n) is 21.3. The van der Waals surface area contributed by atoms with Gasteiger partial charge in [-0.2, -0.15) is 4.98 Å². The van der Waals surface area contributed by atoms with Crippen molar-refractivity contribution in [2.45, 2.75) is 18.4 Å². The third kappa shape index (κ3) is 3.15. The number of halogens is 2. The van der Waals surface area contributed by atoms with Gasteiger partial charge in [0.2, 0.25) is 5.95 Å². The first kappa shape index (κ1) is 23.7. The molecule has 2 aliphatic heterocycles. The van der Waals surface area contributed by atoms with E-state index in [2.05, 4.69) is 15.3 Å². The molecular weight excluding hydrogens is 505 g/mol. The van der Waals surface area contributed by atoms with Crippen LogP contribution in [0.2, 0.25) is 5.02 Å². The summed E-state index contributed by atoms with van der Waals surface area (Å²) in [5.74, 6) is 0.944. The van der Waals surface area contributed by atoms with Crippen LogP contribution in [0, 0.1) is 17.7 Å². The number of rotatable bonds is 4. The molecule has 7 rings (SSSR count). The number of hydrazine groups is 1. The smallest absolute Gasteiger partial charge is 0.264 e. The van der Waals surface area contributed by atoms with Gasteiger partial charge in [-0.3, -0.25) is 9.36 Å². The number of aromatic amines is 1. The Kier molecular flexibility index (Phi) is 5.17. The summed E-state index contributed by atoms with van der Waals surface area (Å²) in [6.45, 7) is 2.48. The van der Waals surface area contributed by atoms with E-state index in [0.29, 0.717) is 53.1 Å². The molecule has 1 saturated carbocycles. The highest BCUT2D eigenvalue weighted by Crippen LogP contribution is 2.63. The van der Waals surface area contributed by atoms with Crippen LogP contribution in [0.25, 0.3) is 22.2 Å². The molecule has 3 atom stereocenters. The van der Waals surface area contributed by atoms with Gasteiger partial charge in [0, 0.05) is 68.6 Å². The molecule has 1 aliphatic carbocycles. The third-order valence-corrected chi connectivity index (χ3v) is 9.38. The largest absolute Gasteiger partial charge is 0.345 e. The standard InChI is InChI=1S/C28H29ClFN7O/c1-35-12-17-22(34-35)8-7-15(24(17)29)16-11-32-25-23(16)26(38)36(2)27(33-25)37-10-9-18-20(13-37)28(18,14-31)19-5-3-4-6-21(19)30/h3-8,11,18,20,32,34H,9-10,12-14,31H2,1-2H3/t18-,20+,28-/m1/s1. The minimum Gasteiger partial charge on any atom is -0.345 e. The highest BCUT2D eigenvalue weighted by atomic mass is 35.5. The molecule has 38 heavy (non-hydrogen) atoms. The number of aromatic nitrogens is 3. The lowest BCUT2D eigenvalue weighted by atomic mass is 9.91. The fraction of sp³-hybridized carbons (Fsp3) is 0.357. The number of H-pyrrole nitrogens is 1. The quantitative estimate of drug-likeness (QED) is 0.369. The molecule has 0 bridgehead atoms. The third-order valence-electron chi connectivity index (χ3n) is 8.95. The second-order valence-corrected chi connectivity index (χ2v) is 11.2. The summed E-state index contributed by atoms with van der Waals surface area (Å²) >= 11 is 6.82. The molecule has 3 aliphatic rings. The number of benzene rings is 2. The fourth-order valence-corrected chi connectivity index (χ4v) is 7.35. The van der Waals surface area contributed by atoms with E-state index in [9.17, 15) is 9.18 Å². The molecule has 2 aromatic heterocycles. The van der Waals surface area contributed by atoms with E-state index in [-0.39, 0.29) is 22.7 Å². The number of nitrogens with two attached hydrogens (primary N) is 1. The highest BCUT2D eigenvalue weighted by molar-refractivity contribution is 6.35. The molecule has 0 amide bonds. The zero-order valence-corrected chi connectivity index (χ0v) is 22.0. The Morgan fingerprint density at radius 2 is 2.00 bits per heavy atom. The SMILES string of the molecule is CN1Cc2c(ccc(-c3c[nH]c4nc(N5CC[C@@H]6[C@H](C5)[C@@]6(CN)c5ccccc5F)n(C)c(=O)c34)c2Cl)N1. The van der Waals surface area contributed by atoms with E-state index in [1.54, 1.807) is 17.7 Å². The maximum atomic E-state index is 14.8. The first-order valence-corrected chi connectivity index (χ1v) is 13.3. The number of hydrogen-bond donors (Lipinski definition) is 3. The van der Waals surface area contributed by atoms with E-state index in [1.807, 2.05) is 42.5 Å². The maximum absolute atomic E-state index is 14.8. The van der Waals surface area contributed by atoms with Crippen molar-refractivity contribution >= 4 is 34.3 Å². The summed E-state index contributed by atoms with van der Waals surface area (Å²) in [5.41, 5.74) is 13.8. The first-order chi connectivity index (χ1) is 18.3. The van der Waals surface area contributed by atoms with Gasteiger partial charge in [0.25, 0.3) is 5.56 Å². The van der Waals surface area contributed by atoms with Gasteiger partial charge in [0.1, 0.15) is 11.5 Å². The van der Waals surface area contributed by atoms with Crippen LogP contribution in [0.5, 0.6) is 0 Å². The van der Waals surface area contributed by atoms with Crippen LogP contribution in [0.1, 0.15) is 17.5 Å². The molecule has 0 unspecified atom stereocenters. The molecule has 196 valence electrons. The van der Waals surface area contributed by atoms with Gasteiger partial charge in [-0.05, 0) is 36.0 Å². The number of nitrogens with zero attached hydrogens (tertiary/aromatic N) is 4. The van der Waals surface area contributed by atoms with E-state index >= 15 is 0 Å². The number of fused-ring (bicyclic) bond motifs is 3. The minimum absolute atomic E-state index is 0.134. The normalized spacial score (nSPS) is 24.4. The van der Waals surface area contributed by atoms with Crippen molar-refractivity contribution < 1.29 is 4.39 Å². The predicted octanol–water partition coefficient (Wildman–Crippen LogP) is 3.85. The van der Waals surface area contributed by atoms with E-state index in [4.69, 9.17) is 22.3 Å². The second-order valence-electron chi connectivity index (χ2n) is 10.8. The van der Waals surface area contributed by atoms with Crippen molar-refractivity contribution in [2.24, 2.45) is 24.6 Å². The number of piperidine rings is 1. The summed E-state index contributed by atoms with van der Waals surface area (Å²) in [4.78, 5) is 24.0. The Hall–Kier alpha value is -3.40. The van der Waals surface area contributed by atoms with Crippen LogP contribution in [-0.2, 0) is 19.0 Å². The van der Waals surface area contributed by atoms with Crippen LogP contribution < -0.4 is 21.6 Å². The van der Waals surface area contributed by atoms with Crippen molar-refractivity contribution in [1.29, 1.82) is 0 Å². The monoisotopic (exact) mass is 533 g/mol. The molecule has 0 radical (unpaired) electrons. The van der Waals surface area contributed by atoms with Crippen LogP contribution in [-0.4, -0.2) is 46.2 Å². The molecule has 1 saturated heterocycles. The Morgan fingerprint density at radius 1 is 1.18 bits per heavy atom. The molecule has 8 nitrogen and oxygen atoms in total. The van der Waals surface area contributed by atoms with Crippen molar-refractivity contribution in [3.05, 3.63) is 74.9 Å². The highest BCUT2D eigenvalue weighted by Gasteiger charge is 2.66. The number of anilines is 2. The van der Waals surface area contributed by atoms with Gasteiger partial charge >= 0.3 is 0 Å². The Balaban J connectivity index is 1.25. The summed E-state index contributed by atoms with van der Waals surface area (Å²) < 4.78 is 16.4. The first-order valence-electron chi connectivity index (χ1n) is 12.9. The maximum Gasteiger partial charge on any atom is 0.264 e. The van der Waals surface area contributed by atoms with Crippen LogP contribution in [0.4, 0.5) is 16.0 Å². The van der Waals surface area contributed by atoms with Crippen molar-refractivity contribution in [3.8, 4) is 11.1 Å². The summed E-state index contributed by atoms with van der Waals surface area (Å²) in [5, 5.41) is 3.12. The molecule has 4 aromatic rings. The molecule has 10 heteroatoms. The summed E-state index contributed by atoms with van der Waals surface area (Å²) in [6.07, 6.45) is 2.68. The Morgan fingerprint density at radius 3 is 2.79 bits per heavy atom. The van der Waals surface area contributed by atoms with E-state index in [0.717, 1.165) is 35.3 Å². The predicted molar refractivity (Wildman–Crippen MR) is 148 cm³/mol. The zero-order chi connectivity index (χ0) is 26.3. The fourth-order valence-electron chi connectivity index (χ4n) is 7.03. The van der Waals surface area contributed by atoms with Gasteiger partial charge in [-0.25, -0.2) is 9.40 Å². The van der Waals surface area contributed by atoms with Gasteiger partial charge in [0.15, 0.2) is 0 Å². The van der Waals surface area contributed by atoms with Crippen molar-refractivity contribution in [2.75, 3.05) is 37.0 Å². The molecule has 2 aromatic carbocycles. The second kappa shape index (κ2) is 8.30. The van der Waals surface area contributed by atoms with Crippen LogP contribution in [0.15, 0.2) is 47.4 Å². The van der Waals surface area contributed by atoms with Gasteiger partial charge in [-0.1, -0.05) is 35.9 Å². The Labute approximate surface area is 224 Å². The van der Waals surface area contributed by atoms with Gasteiger partial charge in [-0.15, -0.1) is 0 Å². The van der Waals surface area contributed by atoms with Crippen molar-refractivity contribution in [3.63, 3.8) is 0 Å². The minimum atomic E-state index is -0.365. The van der Waals surface area contributed by atoms with Crippen LogP contribution in [0.3, 0.4) is 0 Å².